The smallest absolute Gasteiger partial charge is 0.289 e. The number of para-hydroxylation sites is 1. The molecule has 3 aromatic rings. The summed E-state index contributed by atoms with van der Waals surface area (Å²) >= 11 is 0. The monoisotopic (exact) mass is 460 g/mol. The van der Waals surface area contributed by atoms with Gasteiger partial charge < -0.3 is 10.1 Å². The zero-order chi connectivity index (χ0) is 23.3. The molecule has 0 spiro atoms. The number of nitro benzene ring substituents is 1. The molecule has 0 unspecified atom stereocenters. The number of amides is 1. The number of benzene rings is 2. The van der Waals surface area contributed by atoms with Crippen molar-refractivity contribution < 1.29 is 22.9 Å². The molecule has 0 radical (unpaired) electrons. The van der Waals surface area contributed by atoms with Crippen LogP contribution in [-0.2, 0) is 10.0 Å². The number of carbonyl (C=O) groups is 1. The number of hydrogen-bond acceptors (Lipinski definition) is 8. The van der Waals surface area contributed by atoms with E-state index in [2.05, 4.69) is 20.4 Å². The highest BCUT2D eigenvalue weighted by Gasteiger charge is 2.24. The Balaban J connectivity index is 1.62. The Morgan fingerprint density at radius 2 is 1.94 bits per heavy atom. The lowest BCUT2D eigenvalue weighted by molar-refractivity contribution is -0.387. The summed E-state index contributed by atoms with van der Waals surface area (Å²) in [4.78, 5) is 22.3. The van der Waals surface area contributed by atoms with E-state index in [0.717, 1.165) is 12.1 Å². The normalized spacial score (nSPS) is 11.2. The van der Waals surface area contributed by atoms with E-state index >= 15 is 0 Å². The van der Waals surface area contributed by atoms with Crippen LogP contribution in [0.4, 0.5) is 5.69 Å². The molecule has 0 saturated heterocycles. The number of carbonyl (C=O) groups excluding carboxylic acids is 1. The molecule has 3 rings (SSSR count). The molecule has 1 heterocycles. The van der Waals surface area contributed by atoms with Gasteiger partial charge >= 0.3 is 0 Å². The molecule has 0 saturated carbocycles. The number of hydrogen-bond donors (Lipinski definition) is 2. The standard InChI is InChI=1S/C19H20N6O6S/c1-13-18(22-23-24(13)14-6-5-7-15(12-14)31-2)19(26)20-10-11-21-32(29,30)17-9-4-3-8-16(17)25(27)28/h3-9,12,21H,10-11H2,1-2H3,(H,20,26). The van der Waals surface area contributed by atoms with E-state index in [9.17, 15) is 23.3 Å². The van der Waals surface area contributed by atoms with E-state index in [0.29, 0.717) is 17.1 Å². The van der Waals surface area contributed by atoms with Crippen molar-refractivity contribution in [1.82, 2.24) is 25.0 Å². The van der Waals surface area contributed by atoms with E-state index in [-0.39, 0.29) is 18.8 Å². The molecule has 13 heteroatoms. The fraction of sp³-hybridized carbons (Fsp3) is 0.211. The highest BCUT2D eigenvalue weighted by atomic mass is 32.2. The van der Waals surface area contributed by atoms with Crippen LogP contribution in [0.25, 0.3) is 5.69 Å². The number of methoxy groups -OCH3 is 1. The predicted molar refractivity (Wildman–Crippen MR) is 113 cm³/mol. The zero-order valence-corrected chi connectivity index (χ0v) is 18.0. The van der Waals surface area contributed by atoms with Crippen LogP contribution in [-0.4, -0.2) is 54.4 Å². The van der Waals surface area contributed by atoms with E-state index in [1.165, 1.54) is 23.9 Å². The largest absolute Gasteiger partial charge is 0.497 e. The Hall–Kier alpha value is -3.84. The number of aromatic nitrogens is 3. The van der Waals surface area contributed by atoms with Crippen molar-refractivity contribution in [3.05, 3.63) is 70.0 Å². The molecule has 0 aliphatic rings. The molecule has 2 aromatic carbocycles. The van der Waals surface area contributed by atoms with E-state index < -0.39 is 31.4 Å². The van der Waals surface area contributed by atoms with Crippen molar-refractivity contribution in [2.45, 2.75) is 11.8 Å². The number of nitro groups is 1. The van der Waals surface area contributed by atoms with Gasteiger partial charge in [0.1, 0.15) is 5.75 Å². The molecule has 2 N–H and O–H groups in total. The quantitative estimate of drug-likeness (QED) is 0.274. The van der Waals surface area contributed by atoms with Gasteiger partial charge in [-0.1, -0.05) is 23.4 Å². The van der Waals surface area contributed by atoms with Crippen molar-refractivity contribution in [3.8, 4) is 11.4 Å². The third kappa shape index (κ3) is 4.90. The first kappa shape index (κ1) is 22.8. The lowest BCUT2D eigenvalue weighted by atomic mass is 10.2. The van der Waals surface area contributed by atoms with E-state index in [4.69, 9.17) is 4.74 Å². The van der Waals surface area contributed by atoms with Gasteiger partial charge in [0.15, 0.2) is 10.6 Å². The average Bonchev–Trinajstić information content (AvgIpc) is 3.18. The second-order valence-corrected chi connectivity index (χ2v) is 8.25. The van der Waals surface area contributed by atoms with Crippen molar-refractivity contribution in [3.63, 3.8) is 0 Å². The molecule has 12 nitrogen and oxygen atoms in total. The Morgan fingerprint density at radius 3 is 2.66 bits per heavy atom. The summed E-state index contributed by atoms with van der Waals surface area (Å²) in [6.45, 7) is 1.43. The van der Waals surface area contributed by atoms with Crippen LogP contribution < -0.4 is 14.8 Å². The topological polar surface area (TPSA) is 158 Å². The van der Waals surface area contributed by atoms with Crippen molar-refractivity contribution in [2.75, 3.05) is 20.2 Å². The van der Waals surface area contributed by atoms with Gasteiger partial charge in [-0.25, -0.2) is 17.8 Å². The summed E-state index contributed by atoms with van der Waals surface area (Å²) in [5.74, 6) is 0.0795. The van der Waals surface area contributed by atoms with Gasteiger partial charge in [-0.05, 0) is 25.1 Å². The van der Waals surface area contributed by atoms with Gasteiger partial charge in [0.25, 0.3) is 11.6 Å². The summed E-state index contributed by atoms with van der Waals surface area (Å²) in [6.07, 6.45) is 0. The second kappa shape index (κ2) is 9.53. The Bertz CT molecular complexity index is 1260. The molecule has 0 aliphatic carbocycles. The van der Waals surface area contributed by atoms with Crippen LogP contribution in [0, 0.1) is 17.0 Å². The molecule has 0 bridgehead atoms. The average molecular weight is 460 g/mol. The van der Waals surface area contributed by atoms with Gasteiger partial charge in [0.05, 0.1) is 23.4 Å². The summed E-state index contributed by atoms with van der Waals surface area (Å²) in [6, 6.07) is 12.1. The van der Waals surface area contributed by atoms with E-state index in [1.807, 2.05) is 0 Å². The number of nitrogens with one attached hydrogen (secondary N) is 2. The first-order valence-corrected chi connectivity index (χ1v) is 10.8. The Labute approximate surface area is 183 Å². The van der Waals surface area contributed by atoms with Crippen LogP contribution >= 0.6 is 0 Å². The molecular weight excluding hydrogens is 440 g/mol. The molecule has 0 fully saturated rings. The molecule has 0 aliphatic heterocycles. The van der Waals surface area contributed by atoms with Gasteiger partial charge in [-0.3, -0.25) is 14.9 Å². The minimum absolute atomic E-state index is 0.0653. The van der Waals surface area contributed by atoms with Crippen LogP contribution in [0.2, 0.25) is 0 Å². The number of sulfonamides is 1. The van der Waals surface area contributed by atoms with Crippen LogP contribution in [0.15, 0.2) is 53.4 Å². The molecule has 32 heavy (non-hydrogen) atoms. The van der Waals surface area contributed by atoms with Crippen LogP contribution in [0.3, 0.4) is 0 Å². The fourth-order valence-electron chi connectivity index (χ4n) is 2.88. The molecule has 1 aromatic heterocycles. The zero-order valence-electron chi connectivity index (χ0n) is 17.2. The van der Waals surface area contributed by atoms with E-state index in [1.54, 1.807) is 31.2 Å². The van der Waals surface area contributed by atoms with Gasteiger partial charge in [-0.15, -0.1) is 5.10 Å². The number of ether oxygens (including phenoxy) is 1. The van der Waals surface area contributed by atoms with Crippen LogP contribution in [0.5, 0.6) is 5.75 Å². The van der Waals surface area contributed by atoms with Gasteiger partial charge in [0, 0.05) is 25.2 Å². The second-order valence-electron chi connectivity index (χ2n) is 6.52. The molecular formula is C19H20N6O6S. The number of rotatable bonds is 9. The summed E-state index contributed by atoms with van der Waals surface area (Å²) in [7, 11) is -2.59. The third-order valence-corrected chi connectivity index (χ3v) is 5.97. The molecule has 1 amide bonds. The minimum Gasteiger partial charge on any atom is -0.497 e. The third-order valence-electron chi connectivity index (χ3n) is 4.46. The summed E-state index contributed by atoms with van der Waals surface area (Å²) in [5.41, 5.74) is 0.685. The Morgan fingerprint density at radius 1 is 1.19 bits per heavy atom. The van der Waals surface area contributed by atoms with Crippen LogP contribution in [0.1, 0.15) is 16.2 Å². The maximum Gasteiger partial charge on any atom is 0.289 e. The van der Waals surface area contributed by atoms with Crippen molar-refractivity contribution in [2.24, 2.45) is 0 Å². The lowest BCUT2D eigenvalue weighted by Gasteiger charge is -2.08. The maximum absolute atomic E-state index is 12.5. The highest BCUT2D eigenvalue weighted by molar-refractivity contribution is 7.89. The summed E-state index contributed by atoms with van der Waals surface area (Å²) in [5, 5.41) is 21.5. The summed E-state index contributed by atoms with van der Waals surface area (Å²) < 4.78 is 33.6. The van der Waals surface area contributed by atoms with Gasteiger partial charge in [0.2, 0.25) is 10.0 Å². The highest BCUT2D eigenvalue weighted by Crippen LogP contribution is 2.22. The predicted octanol–water partition coefficient (Wildman–Crippen LogP) is 1.20. The fourth-order valence-corrected chi connectivity index (χ4v) is 4.09. The lowest BCUT2D eigenvalue weighted by Crippen LogP contribution is -2.35. The first-order chi connectivity index (χ1) is 15.2. The molecule has 0 atom stereocenters. The number of nitrogens with zero attached hydrogens (tertiary/aromatic N) is 4. The first-order valence-electron chi connectivity index (χ1n) is 9.32. The maximum atomic E-state index is 12.5. The minimum atomic E-state index is -4.13. The Kier molecular flexibility index (Phi) is 6.80. The van der Waals surface area contributed by atoms with Crippen molar-refractivity contribution in [1.29, 1.82) is 0 Å². The SMILES string of the molecule is COc1cccc(-n2nnc(C(=O)NCCNS(=O)(=O)c3ccccc3[N+](=O)[O-])c2C)c1. The van der Waals surface area contributed by atoms with Gasteiger partial charge in [-0.2, -0.15) is 0 Å². The van der Waals surface area contributed by atoms with Crippen molar-refractivity contribution >= 4 is 21.6 Å². The molecule has 168 valence electrons.